The molecule has 0 radical (unpaired) electrons. The van der Waals surface area contributed by atoms with Gasteiger partial charge in [0.2, 0.25) is 0 Å². The maximum atomic E-state index is 13.2. The third-order valence-electron chi connectivity index (χ3n) is 2.91. The minimum absolute atomic E-state index is 0.0213. The van der Waals surface area contributed by atoms with E-state index in [1.807, 2.05) is 6.92 Å². The topological polar surface area (TPSA) is 49.8 Å². The number of esters is 1. The summed E-state index contributed by atoms with van der Waals surface area (Å²) in [7, 11) is 1.27. The fraction of sp³-hybridized carbons (Fsp3) is 0.500. The molecule has 1 rings (SSSR count). The van der Waals surface area contributed by atoms with Crippen LogP contribution in [0.25, 0.3) is 0 Å². The standard InChI is InChI=1S/C14H19F2NO3/c1-3-11(18)8-17(9-14(19)20-2)7-10-4-5-12(15)13(16)6-10/h4-6,11,18H,3,7-9H2,1-2H3. The van der Waals surface area contributed by atoms with Gasteiger partial charge in [0, 0.05) is 13.1 Å². The summed E-state index contributed by atoms with van der Waals surface area (Å²) in [6.07, 6.45) is -0.0555. The van der Waals surface area contributed by atoms with E-state index in [4.69, 9.17) is 0 Å². The zero-order valence-corrected chi connectivity index (χ0v) is 11.6. The summed E-state index contributed by atoms with van der Waals surface area (Å²) >= 11 is 0. The van der Waals surface area contributed by atoms with Crippen LogP contribution in [0.5, 0.6) is 0 Å². The van der Waals surface area contributed by atoms with E-state index in [-0.39, 0.29) is 19.6 Å². The van der Waals surface area contributed by atoms with Gasteiger partial charge in [0.15, 0.2) is 11.6 Å². The highest BCUT2D eigenvalue weighted by Gasteiger charge is 2.16. The van der Waals surface area contributed by atoms with Crippen molar-refractivity contribution in [3.05, 3.63) is 35.4 Å². The molecule has 0 aliphatic rings. The SMILES string of the molecule is CCC(O)CN(CC(=O)OC)Cc1ccc(F)c(F)c1. The van der Waals surface area contributed by atoms with E-state index in [0.717, 1.165) is 12.1 Å². The quantitative estimate of drug-likeness (QED) is 0.776. The van der Waals surface area contributed by atoms with Crippen molar-refractivity contribution in [2.24, 2.45) is 0 Å². The monoisotopic (exact) mass is 287 g/mol. The van der Waals surface area contributed by atoms with Gasteiger partial charge in [0.25, 0.3) is 0 Å². The smallest absolute Gasteiger partial charge is 0.319 e. The normalized spacial score (nSPS) is 12.5. The van der Waals surface area contributed by atoms with Crippen LogP contribution in [0.3, 0.4) is 0 Å². The zero-order chi connectivity index (χ0) is 15.1. The van der Waals surface area contributed by atoms with Gasteiger partial charge in [-0.05, 0) is 24.1 Å². The molecule has 1 N–H and O–H groups in total. The fourth-order valence-electron chi connectivity index (χ4n) is 1.76. The fourth-order valence-corrected chi connectivity index (χ4v) is 1.76. The number of hydrogen-bond acceptors (Lipinski definition) is 4. The second-order valence-electron chi connectivity index (χ2n) is 4.56. The zero-order valence-electron chi connectivity index (χ0n) is 11.6. The number of ether oxygens (including phenoxy) is 1. The number of hydrogen-bond donors (Lipinski definition) is 1. The first-order valence-electron chi connectivity index (χ1n) is 6.37. The lowest BCUT2D eigenvalue weighted by molar-refractivity contribution is -0.142. The minimum Gasteiger partial charge on any atom is -0.468 e. The number of carbonyl (C=O) groups excluding carboxylic acids is 1. The predicted octanol–water partition coefficient (Wildman–Crippen LogP) is 1.71. The van der Waals surface area contributed by atoms with Crippen LogP contribution in [0.1, 0.15) is 18.9 Å². The first-order chi connectivity index (χ1) is 9.46. The van der Waals surface area contributed by atoms with Crippen molar-refractivity contribution in [1.82, 2.24) is 4.90 Å². The third kappa shape index (κ3) is 5.22. The van der Waals surface area contributed by atoms with E-state index in [1.165, 1.54) is 13.2 Å². The van der Waals surface area contributed by atoms with E-state index in [1.54, 1.807) is 4.90 Å². The molecule has 1 aromatic carbocycles. The number of nitrogens with zero attached hydrogens (tertiary/aromatic N) is 1. The summed E-state index contributed by atoms with van der Waals surface area (Å²) < 4.78 is 30.6. The van der Waals surface area contributed by atoms with E-state index in [9.17, 15) is 18.7 Å². The molecule has 0 spiro atoms. The number of rotatable bonds is 7. The number of methoxy groups -OCH3 is 1. The van der Waals surface area contributed by atoms with Crippen LogP contribution in [0.15, 0.2) is 18.2 Å². The second kappa shape index (κ2) is 7.91. The van der Waals surface area contributed by atoms with Crippen molar-refractivity contribution < 1.29 is 23.4 Å². The maximum absolute atomic E-state index is 13.2. The van der Waals surface area contributed by atoms with Gasteiger partial charge in [0.1, 0.15) is 0 Å². The maximum Gasteiger partial charge on any atom is 0.319 e. The van der Waals surface area contributed by atoms with Crippen molar-refractivity contribution in [2.45, 2.75) is 26.0 Å². The molecule has 0 fully saturated rings. The number of aliphatic hydroxyl groups excluding tert-OH is 1. The van der Waals surface area contributed by atoms with Crippen LogP contribution in [-0.2, 0) is 16.1 Å². The van der Waals surface area contributed by atoms with Crippen molar-refractivity contribution in [3.8, 4) is 0 Å². The molecular formula is C14H19F2NO3. The Balaban J connectivity index is 2.76. The molecule has 0 amide bonds. The van der Waals surface area contributed by atoms with Gasteiger partial charge in [-0.3, -0.25) is 9.69 Å². The lowest BCUT2D eigenvalue weighted by Crippen LogP contribution is -2.36. The Bertz CT molecular complexity index is 454. The van der Waals surface area contributed by atoms with Gasteiger partial charge in [-0.25, -0.2) is 8.78 Å². The highest BCUT2D eigenvalue weighted by Crippen LogP contribution is 2.12. The van der Waals surface area contributed by atoms with E-state index >= 15 is 0 Å². The first-order valence-corrected chi connectivity index (χ1v) is 6.37. The Hall–Kier alpha value is -1.53. The summed E-state index contributed by atoms with van der Waals surface area (Å²) in [5.74, 6) is -2.30. The van der Waals surface area contributed by atoms with Crippen LogP contribution in [0.4, 0.5) is 8.78 Å². The number of benzene rings is 1. The van der Waals surface area contributed by atoms with Gasteiger partial charge in [0.05, 0.1) is 19.8 Å². The molecule has 0 saturated heterocycles. The second-order valence-corrected chi connectivity index (χ2v) is 4.56. The number of carbonyl (C=O) groups is 1. The van der Waals surface area contributed by atoms with Crippen LogP contribution in [0.2, 0.25) is 0 Å². The van der Waals surface area contributed by atoms with Gasteiger partial charge >= 0.3 is 5.97 Å². The third-order valence-corrected chi connectivity index (χ3v) is 2.91. The van der Waals surface area contributed by atoms with E-state index in [0.29, 0.717) is 12.0 Å². The highest BCUT2D eigenvalue weighted by atomic mass is 19.2. The van der Waals surface area contributed by atoms with Gasteiger partial charge in [-0.15, -0.1) is 0 Å². The van der Waals surface area contributed by atoms with Gasteiger partial charge < -0.3 is 9.84 Å². The Morgan fingerprint density at radius 2 is 2.10 bits per heavy atom. The largest absolute Gasteiger partial charge is 0.468 e. The van der Waals surface area contributed by atoms with Crippen LogP contribution in [0, 0.1) is 11.6 Å². The molecule has 1 atom stereocenters. The Morgan fingerprint density at radius 1 is 1.40 bits per heavy atom. The summed E-state index contributed by atoms with van der Waals surface area (Å²) in [4.78, 5) is 13.0. The summed E-state index contributed by atoms with van der Waals surface area (Å²) in [5, 5.41) is 9.66. The molecule has 1 unspecified atom stereocenters. The van der Waals surface area contributed by atoms with E-state index < -0.39 is 23.7 Å². The summed E-state index contributed by atoms with van der Waals surface area (Å²) in [6.45, 7) is 2.28. The molecular weight excluding hydrogens is 268 g/mol. The predicted molar refractivity (Wildman–Crippen MR) is 69.9 cm³/mol. The number of aliphatic hydroxyl groups is 1. The molecule has 0 aliphatic heterocycles. The summed E-state index contributed by atoms with van der Waals surface area (Å²) in [5.41, 5.74) is 0.524. The lowest BCUT2D eigenvalue weighted by Gasteiger charge is -2.23. The molecule has 0 aliphatic carbocycles. The molecule has 0 aromatic heterocycles. The molecule has 0 saturated carbocycles. The summed E-state index contributed by atoms with van der Waals surface area (Å²) in [6, 6.07) is 3.57. The van der Waals surface area contributed by atoms with Gasteiger partial charge in [-0.2, -0.15) is 0 Å². The average molecular weight is 287 g/mol. The van der Waals surface area contributed by atoms with Crippen LogP contribution in [-0.4, -0.2) is 42.3 Å². The molecule has 1 aromatic rings. The molecule has 4 nitrogen and oxygen atoms in total. The lowest BCUT2D eigenvalue weighted by atomic mass is 10.2. The number of halogens is 2. The Labute approximate surface area is 117 Å². The van der Waals surface area contributed by atoms with Crippen molar-refractivity contribution >= 4 is 5.97 Å². The average Bonchev–Trinajstić information content (AvgIpc) is 2.42. The molecule has 0 heterocycles. The Morgan fingerprint density at radius 3 is 2.65 bits per heavy atom. The van der Waals surface area contributed by atoms with E-state index in [2.05, 4.69) is 4.74 Å². The molecule has 20 heavy (non-hydrogen) atoms. The van der Waals surface area contributed by atoms with Crippen LogP contribution < -0.4 is 0 Å². The molecule has 6 heteroatoms. The van der Waals surface area contributed by atoms with Gasteiger partial charge in [-0.1, -0.05) is 13.0 Å². The first kappa shape index (κ1) is 16.5. The highest BCUT2D eigenvalue weighted by molar-refractivity contribution is 5.71. The van der Waals surface area contributed by atoms with Crippen molar-refractivity contribution in [1.29, 1.82) is 0 Å². The molecule has 112 valence electrons. The Kier molecular flexibility index (Phi) is 6.54. The molecule has 0 bridgehead atoms. The van der Waals surface area contributed by atoms with Crippen molar-refractivity contribution in [3.63, 3.8) is 0 Å². The van der Waals surface area contributed by atoms with Crippen LogP contribution >= 0.6 is 0 Å². The van der Waals surface area contributed by atoms with Crippen molar-refractivity contribution in [2.75, 3.05) is 20.2 Å². The minimum atomic E-state index is -0.934.